The zero-order valence-corrected chi connectivity index (χ0v) is 12.6. The third-order valence-corrected chi connectivity index (χ3v) is 4.29. The number of esters is 1. The van der Waals surface area contributed by atoms with Crippen LogP contribution in [0.4, 0.5) is 0 Å². The molecule has 5 nitrogen and oxygen atoms in total. The lowest BCUT2D eigenvalue weighted by Gasteiger charge is -2.26. The molecule has 2 aliphatic rings. The molecule has 2 fully saturated rings. The van der Waals surface area contributed by atoms with Crippen molar-refractivity contribution in [2.24, 2.45) is 11.8 Å². The smallest absolute Gasteiger partial charge is 0.308 e. The van der Waals surface area contributed by atoms with Gasteiger partial charge in [0, 0.05) is 11.8 Å². The van der Waals surface area contributed by atoms with Gasteiger partial charge in [-0.05, 0) is 12.5 Å². The Bertz CT molecular complexity index is 555. The summed E-state index contributed by atoms with van der Waals surface area (Å²) in [6.07, 6.45) is 0.422. The summed E-state index contributed by atoms with van der Waals surface area (Å²) in [4.78, 5) is 23.1. The highest BCUT2D eigenvalue weighted by molar-refractivity contribution is 5.79. The quantitative estimate of drug-likeness (QED) is 0.753. The Labute approximate surface area is 129 Å². The first-order valence-electron chi connectivity index (χ1n) is 7.56. The van der Waals surface area contributed by atoms with Crippen molar-refractivity contribution < 1.29 is 23.8 Å². The number of rotatable bonds is 6. The minimum absolute atomic E-state index is 0.0365. The first-order chi connectivity index (χ1) is 10.6. The molecule has 22 heavy (non-hydrogen) atoms. The average Bonchev–Trinajstić information content (AvgIpc) is 2.94. The molecular formula is C17H20O5. The molecule has 2 heterocycles. The van der Waals surface area contributed by atoms with Gasteiger partial charge in [-0.3, -0.25) is 9.59 Å². The Balaban J connectivity index is 1.59. The van der Waals surface area contributed by atoms with Crippen molar-refractivity contribution in [3.8, 4) is 0 Å². The highest BCUT2D eigenvalue weighted by atomic mass is 16.7. The van der Waals surface area contributed by atoms with Gasteiger partial charge in [0.05, 0.1) is 32.7 Å². The fourth-order valence-corrected chi connectivity index (χ4v) is 3.30. The zero-order chi connectivity index (χ0) is 15.6. The molecular weight excluding hydrogens is 284 g/mol. The van der Waals surface area contributed by atoms with E-state index in [0.717, 1.165) is 5.56 Å². The summed E-state index contributed by atoms with van der Waals surface area (Å²) in [5.41, 5.74) is 1.11. The van der Waals surface area contributed by atoms with Crippen LogP contribution in [0.5, 0.6) is 0 Å². The topological polar surface area (TPSA) is 61.8 Å². The van der Waals surface area contributed by atoms with Crippen molar-refractivity contribution in [2.45, 2.75) is 32.2 Å². The van der Waals surface area contributed by atoms with Gasteiger partial charge < -0.3 is 14.2 Å². The number of carbonyl (C=O) groups excluding carboxylic acids is 2. The van der Waals surface area contributed by atoms with Crippen molar-refractivity contribution in [3.05, 3.63) is 35.9 Å². The Hall–Kier alpha value is -1.72. The summed E-state index contributed by atoms with van der Waals surface area (Å²) in [6, 6.07) is 9.92. The molecule has 3 atom stereocenters. The fraction of sp³-hybridized carbons (Fsp3) is 0.529. The van der Waals surface area contributed by atoms with Crippen LogP contribution >= 0.6 is 0 Å². The van der Waals surface area contributed by atoms with E-state index in [-0.39, 0.29) is 30.0 Å². The maximum absolute atomic E-state index is 11.6. The molecule has 0 spiro atoms. The van der Waals surface area contributed by atoms with E-state index in [1.807, 2.05) is 30.3 Å². The van der Waals surface area contributed by atoms with Crippen LogP contribution in [0.25, 0.3) is 0 Å². The summed E-state index contributed by atoms with van der Waals surface area (Å²) in [7, 11) is 0. The number of hydrogen-bond donors (Lipinski definition) is 0. The van der Waals surface area contributed by atoms with Crippen LogP contribution in [-0.2, 0) is 30.4 Å². The molecule has 3 rings (SSSR count). The van der Waals surface area contributed by atoms with Crippen LogP contribution in [0.2, 0.25) is 0 Å². The van der Waals surface area contributed by atoms with Gasteiger partial charge in [0.15, 0.2) is 0 Å². The maximum Gasteiger partial charge on any atom is 0.308 e. The fourth-order valence-electron chi connectivity index (χ4n) is 3.30. The molecule has 0 saturated carbocycles. The number of carbonyl (C=O) groups is 2. The first-order valence-corrected chi connectivity index (χ1v) is 7.56. The van der Waals surface area contributed by atoms with Gasteiger partial charge in [0.2, 0.25) is 5.79 Å². The summed E-state index contributed by atoms with van der Waals surface area (Å²) >= 11 is 0. The normalized spacial score (nSPS) is 30.1. The van der Waals surface area contributed by atoms with Gasteiger partial charge in [-0.1, -0.05) is 30.3 Å². The number of ketones is 1. The minimum Gasteiger partial charge on any atom is -0.432 e. The summed E-state index contributed by atoms with van der Waals surface area (Å²) < 4.78 is 16.8. The standard InChI is InChI=1S/C17H20O5/c1-12(18)8-17-15(7-16(19)22-17)14(11-21-17)10-20-9-13-5-3-2-4-6-13/h2-6,14-15H,7-11H2,1H3/t14-,15+,17+/m0/s1. The third kappa shape index (κ3) is 3.05. The molecule has 1 aromatic rings. The molecule has 0 aliphatic carbocycles. The van der Waals surface area contributed by atoms with E-state index >= 15 is 0 Å². The van der Waals surface area contributed by atoms with Crippen LogP contribution in [0, 0.1) is 11.8 Å². The van der Waals surface area contributed by atoms with E-state index in [2.05, 4.69) is 0 Å². The van der Waals surface area contributed by atoms with Crippen LogP contribution in [0.15, 0.2) is 30.3 Å². The minimum atomic E-state index is -1.05. The second kappa shape index (κ2) is 6.18. The van der Waals surface area contributed by atoms with Gasteiger partial charge in [0.1, 0.15) is 5.78 Å². The van der Waals surface area contributed by atoms with Crippen LogP contribution in [0.1, 0.15) is 25.3 Å². The van der Waals surface area contributed by atoms with Gasteiger partial charge >= 0.3 is 5.97 Å². The monoisotopic (exact) mass is 304 g/mol. The maximum atomic E-state index is 11.6. The number of fused-ring (bicyclic) bond motifs is 1. The van der Waals surface area contributed by atoms with Gasteiger partial charge in [-0.2, -0.15) is 0 Å². The molecule has 0 amide bonds. The van der Waals surface area contributed by atoms with Crippen LogP contribution < -0.4 is 0 Å². The van der Waals surface area contributed by atoms with E-state index in [1.54, 1.807) is 0 Å². The Kier molecular flexibility index (Phi) is 4.27. The lowest BCUT2D eigenvalue weighted by Crippen LogP contribution is -2.37. The molecule has 0 aromatic heterocycles. The Morgan fingerprint density at radius 3 is 2.86 bits per heavy atom. The number of benzene rings is 1. The van der Waals surface area contributed by atoms with Crippen molar-refractivity contribution in [2.75, 3.05) is 13.2 Å². The molecule has 0 unspecified atom stereocenters. The Morgan fingerprint density at radius 2 is 2.14 bits per heavy atom. The van der Waals surface area contributed by atoms with Crippen molar-refractivity contribution >= 4 is 11.8 Å². The van der Waals surface area contributed by atoms with E-state index in [4.69, 9.17) is 14.2 Å². The highest BCUT2D eigenvalue weighted by Gasteiger charge is 2.58. The van der Waals surface area contributed by atoms with E-state index in [1.165, 1.54) is 6.92 Å². The molecule has 0 bridgehead atoms. The largest absolute Gasteiger partial charge is 0.432 e. The molecule has 2 saturated heterocycles. The van der Waals surface area contributed by atoms with Crippen molar-refractivity contribution in [1.29, 1.82) is 0 Å². The van der Waals surface area contributed by atoms with Crippen molar-refractivity contribution in [1.82, 2.24) is 0 Å². The molecule has 118 valence electrons. The average molecular weight is 304 g/mol. The second-order valence-electron chi connectivity index (χ2n) is 6.05. The first kappa shape index (κ1) is 15.2. The molecule has 5 heteroatoms. The SMILES string of the molecule is CC(=O)C[C@]12OC[C@H](COCc3ccccc3)[C@H]1CC(=O)O2. The zero-order valence-electron chi connectivity index (χ0n) is 12.6. The van der Waals surface area contributed by atoms with E-state index < -0.39 is 5.79 Å². The molecule has 0 radical (unpaired) electrons. The van der Waals surface area contributed by atoms with Gasteiger partial charge in [0.25, 0.3) is 0 Å². The number of ether oxygens (including phenoxy) is 3. The lowest BCUT2D eigenvalue weighted by atomic mass is 9.86. The summed E-state index contributed by atoms with van der Waals surface area (Å²) in [6.45, 7) is 2.97. The van der Waals surface area contributed by atoms with E-state index in [0.29, 0.717) is 26.2 Å². The van der Waals surface area contributed by atoms with Crippen molar-refractivity contribution in [3.63, 3.8) is 0 Å². The van der Waals surface area contributed by atoms with Crippen LogP contribution in [-0.4, -0.2) is 30.8 Å². The predicted molar refractivity (Wildman–Crippen MR) is 77.8 cm³/mol. The summed E-state index contributed by atoms with van der Waals surface area (Å²) in [5, 5.41) is 0. The lowest BCUT2D eigenvalue weighted by molar-refractivity contribution is -0.204. The summed E-state index contributed by atoms with van der Waals surface area (Å²) in [5.74, 6) is -1.40. The van der Waals surface area contributed by atoms with Crippen LogP contribution in [0.3, 0.4) is 0 Å². The predicted octanol–water partition coefficient (Wildman–Crippen LogP) is 2.09. The molecule has 0 N–H and O–H groups in total. The van der Waals surface area contributed by atoms with E-state index in [9.17, 15) is 9.59 Å². The highest BCUT2D eigenvalue weighted by Crippen LogP contribution is 2.47. The van der Waals surface area contributed by atoms with Gasteiger partial charge in [-0.15, -0.1) is 0 Å². The second-order valence-corrected chi connectivity index (χ2v) is 6.05. The molecule has 2 aliphatic heterocycles. The number of Topliss-reactive ketones (excluding diaryl/α,β-unsaturated/α-hetero) is 1. The number of hydrogen-bond acceptors (Lipinski definition) is 5. The Morgan fingerprint density at radius 1 is 1.36 bits per heavy atom. The molecule has 1 aromatic carbocycles. The van der Waals surface area contributed by atoms with Gasteiger partial charge in [-0.25, -0.2) is 0 Å². The third-order valence-electron chi connectivity index (χ3n) is 4.29.